The van der Waals surface area contributed by atoms with Gasteiger partial charge in [0.15, 0.2) is 0 Å². The molecule has 0 aromatic carbocycles. The third-order valence-corrected chi connectivity index (χ3v) is 3.65. The van der Waals surface area contributed by atoms with E-state index in [1.165, 1.54) is 5.19 Å². The van der Waals surface area contributed by atoms with Gasteiger partial charge in [0.25, 0.3) is 0 Å². The molecule has 0 saturated heterocycles. The lowest BCUT2D eigenvalue weighted by Gasteiger charge is -2.12. The van der Waals surface area contributed by atoms with Gasteiger partial charge in [-0.3, -0.25) is 0 Å². The minimum Gasteiger partial charge on any atom is -0.365 e. The van der Waals surface area contributed by atoms with Gasteiger partial charge in [0, 0.05) is 5.19 Å². The van der Waals surface area contributed by atoms with Crippen LogP contribution >= 0.6 is 0 Å². The fraction of sp³-hybridized carbons (Fsp3) is 0.571. The van der Waals surface area contributed by atoms with Crippen molar-refractivity contribution in [3.63, 3.8) is 0 Å². The highest BCUT2D eigenvalue weighted by Gasteiger charge is 2.20. The van der Waals surface area contributed by atoms with Crippen LogP contribution in [0.25, 0.3) is 0 Å². The molecule has 0 aliphatic heterocycles. The van der Waals surface area contributed by atoms with Crippen molar-refractivity contribution in [3.05, 3.63) is 12.0 Å². The lowest BCUT2D eigenvalue weighted by molar-refractivity contribution is 0.415. The first-order chi connectivity index (χ1) is 4.52. The van der Waals surface area contributed by atoms with E-state index in [9.17, 15) is 0 Å². The van der Waals surface area contributed by atoms with Crippen molar-refractivity contribution in [2.45, 2.75) is 26.6 Å². The minimum absolute atomic E-state index is 1.05. The first-order valence-electron chi connectivity index (χ1n) is 3.43. The van der Waals surface area contributed by atoms with Gasteiger partial charge in [-0.15, -0.1) is 0 Å². The molecule has 10 heavy (non-hydrogen) atoms. The summed E-state index contributed by atoms with van der Waals surface area (Å²) < 4.78 is 4.86. The minimum atomic E-state index is -1.18. The van der Waals surface area contributed by atoms with Gasteiger partial charge < -0.3 is 4.52 Å². The van der Waals surface area contributed by atoms with E-state index >= 15 is 0 Å². The van der Waals surface area contributed by atoms with E-state index in [0.717, 1.165) is 5.69 Å². The van der Waals surface area contributed by atoms with Gasteiger partial charge in [-0.1, -0.05) is 24.8 Å². The Morgan fingerprint density at radius 3 is 2.20 bits per heavy atom. The van der Waals surface area contributed by atoms with Crippen LogP contribution in [0.15, 0.2) is 10.8 Å². The first-order valence-corrected chi connectivity index (χ1v) is 6.93. The Labute approximate surface area is 62.2 Å². The molecular weight excluding hydrogens is 142 g/mol. The summed E-state index contributed by atoms with van der Waals surface area (Å²) in [5.74, 6) is 0. The van der Waals surface area contributed by atoms with Crippen molar-refractivity contribution in [2.24, 2.45) is 0 Å². The molecule has 1 aromatic rings. The number of aryl methyl sites for hydroxylation is 1. The number of rotatable bonds is 1. The molecule has 3 heteroatoms. The maximum atomic E-state index is 4.86. The van der Waals surface area contributed by atoms with Gasteiger partial charge in [0.1, 0.15) is 6.26 Å². The molecule has 0 unspecified atom stereocenters. The van der Waals surface area contributed by atoms with E-state index in [1.807, 2.05) is 6.92 Å². The van der Waals surface area contributed by atoms with Gasteiger partial charge in [-0.25, -0.2) is 0 Å². The van der Waals surface area contributed by atoms with Crippen LogP contribution in [-0.2, 0) is 0 Å². The topological polar surface area (TPSA) is 26.0 Å². The Morgan fingerprint density at radius 1 is 1.40 bits per heavy atom. The average Bonchev–Trinajstić information content (AvgIpc) is 2.11. The number of aromatic nitrogens is 1. The smallest absolute Gasteiger partial charge is 0.123 e. The fourth-order valence-corrected chi connectivity index (χ4v) is 2.55. The van der Waals surface area contributed by atoms with Crippen molar-refractivity contribution in [1.29, 1.82) is 0 Å². The summed E-state index contributed by atoms with van der Waals surface area (Å²) in [6.45, 7) is 8.85. The van der Waals surface area contributed by atoms with Gasteiger partial charge >= 0.3 is 0 Å². The highest BCUT2D eigenvalue weighted by molar-refractivity contribution is 6.88. The zero-order valence-corrected chi connectivity index (χ0v) is 7.93. The third kappa shape index (κ3) is 1.29. The number of hydrogen-bond donors (Lipinski definition) is 0. The zero-order chi connectivity index (χ0) is 7.78. The van der Waals surface area contributed by atoms with Crippen molar-refractivity contribution >= 4 is 13.3 Å². The maximum Gasteiger partial charge on any atom is 0.123 e. The highest BCUT2D eigenvalue weighted by Crippen LogP contribution is 2.03. The second kappa shape index (κ2) is 2.23. The van der Waals surface area contributed by atoms with Crippen molar-refractivity contribution < 1.29 is 4.52 Å². The molecule has 0 N–H and O–H groups in total. The van der Waals surface area contributed by atoms with E-state index < -0.39 is 8.07 Å². The fourth-order valence-electron chi connectivity index (χ4n) is 1.01. The van der Waals surface area contributed by atoms with Crippen molar-refractivity contribution in [3.8, 4) is 0 Å². The van der Waals surface area contributed by atoms with Crippen LogP contribution in [-0.4, -0.2) is 13.2 Å². The molecule has 2 nitrogen and oxygen atoms in total. The van der Waals surface area contributed by atoms with Crippen LogP contribution in [0.2, 0.25) is 19.6 Å². The van der Waals surface area contributed by atoms with Crippen molar-refractivity contribution in [1.82, 2.24) is 5.16 Å². The van der Waals surface area contributed by atoms with E-state index in [4.69, 9.17) is 4.52 Å². The summed E-state index contributed by atoms with van der Waals surface area (Å²) in [7, 11) is -1.18. The Hall–Kier alpha value is -0.573. The molecule has 1 heterocycles. The molecule has 0 amide bonds. The molecule has 0 spiro atoms. The second-order valence-electron chi connectivity index (χ2n) is 3.56. The average molecular weight is 155 g/mol. The van der Waals surface area contributed by atoms with Crippen LogP contribution < -0.4 is 5.19 Å². The molecule has 0 aliphatic rings. The van der Waals surface area contributed by atoms with Crippen LogP contribution in [0.3, 0.4) is 0 Å². The third-order valence-electron chi connectivity index (χ3n) is 1.56. The van der Waals surface area contributed by atoms with Gasteiger partial charge in [0.05, 0.1) is 13.8 Å². The van der Waals surface area contributed by atoms with E-state index in [1.54, 1.807) is 6.26 Å². The molecule has 0 saturated carbocycles. The maximum absolute atomic E-state index is 4.86. The summed E-state index contributed by atoms with van der Waals surface area (Å²) in [6.07, 6.45) is 1.78. The first kappa shape index (κ1) is 7.53. The monoisotopic (exact) mass is 155 g/mol. The van der Waals surface area contributed by atoms with Crippen LogP contribution in [0.4, 0.5) is 0 Å². The molecule has 0 aliphatic carbocycles. The largest absolute Gasteiger partial charge is 0.365 e. The normalized spacial score (nSPS) is 12.0. The van der Waals surface area contributed by atoms with E-state index in [-0.39, 0.29) is 0 Å². The predicted molar refractivity (Wildman–Crippen MR) is 44.2 cm³/mol. The van der Waals surface area contributed by atoms with Crippen LogP contribution in [0, 0.1) is 6.92 Å². The highest BCUT2D eigenvalue weighted by atomic mass is 28.3. The molecule has 1 aromatic heterocycles. The Kier molecular flexibility index (Phi) is 1.68. The Morgan fingerprint density at radius 2 is 2.00 bits per heavy atom. The number of nitrogens with zero attached hydrogens (tertiary/aromatic N) is 1. The van der Waals surface area contributed by atoms with E-state index in [0.29, 0.717) is 0 Å². The Bertz CT molecular complexity index is 224. The summed E-state index contributed by atoms with van der Waals surface area (Å²) >= 11 is 0. The SMILES string of the molecule is Cc1nocc1[Si](C)(C)C. The molecule has 0 bridgehead atoms. The second-order valence-corrected chi connectivity index (χ2v) is 8.60. The lowest BCUT2D eigenvalue weighted by atomic mass is 10.5. The summed E-state index contributed by atoms with van der Waals surface area (Å²) in [5, 5.41) is 5.17. The quantitative estimate of drug-likeness (QED) is 0.575. The predicted octanol–water partition coefficient (Wildman–Crippen LogP) is 1.53. The van der Waals surface area contributed by atoms with Gasteiger partial charge in [-0.05, 0) is 6.92 Å². The molecule has 1 rings (SSSR count). The number of hydrogen-bond acceptors (Lipinski definition) is 2. The van der Waals surface area contributed by atoms with E-state index in [2.05, 4.69) is 24.8 Å². The molecule has 0 atom stereocenters. The van der Waals surface area contributed by atoms with Gasteiger partial charge in [0.2, 0.25) is 0 Å². The molecule has 0 fully saturated rings. The summed E-state index contributed by atoms with van der Waals surface area (Å²) in [4.78, 5) is 0. The Balaban J connectivity index is 3.05. The van der Waals surface area contributed by atoms with Gasteiger partial charge in [-0.2, -0.15) is 0 Å². The molecular formula is C7H13NOSi. The van der Waals surface area contributed by atoms with Crippen LogP contribution in [0.1, 0.15) is 5.69 Å². The lowest BCUT2D eigenvalue weighted by Crippen LogP contribution is -2.38. The summed E-state index contributed by atoms with van der Waals surface area (Å²) in [5.41, 5.74) is 1.05. The summed E-state index contributed by atoms with van der Waals surface area (Å²) in [6, 6.07) is 0. The van der Waals surface area contributed by atoms with Crippen molar-refractivity contribution in [2.75, 3.05) is 0 Å². The zero-order valence-electron chi connectivity index (χ0n) is 6.93. The molecule has 0 radical (unpaired) electrons. The molecule has 56 valence electrons. The van der Waals surface area contributed by atoms with Crippen LogP contribution in [0.5, 0.6) is 0 Å². The standard InChI is InChI=1S/C7H13NOSi/c1-6-7(5-9-8-6)10(2,3)4/h5H,1-4H3.